The number of nitrogens with zero attached hydrogens (tertiary/aromatic N) is 4. The van der Waals surface area contributed by atoms with Crippen LogP contribution in [0.5, 0.6) is 0 Å². The van der Waals surface area contributed by atoms with Crippen molar-refractivity contribution in [3.8, 4) is 5.69 Å². The molecule has 0 unspecified atom stereocenters. The standard InChI is InChI=1S/C20H21ClN6O2/c1-13-5-10-17(12-18(13)27-14(2)24-25-26-27)23-19(28)4-3-11-22-20(29)15-6-8-16(21)9-7-15/h5-10,12H,3-4,11H2,1-2H3,(H,22,29)(H,23,28). The minimum absolute atomic E-state index is 0.131. The van der Waals surface area contributed by atoms with Crippen molar-refractivity contribution in [2.75, 3.05) is 11.9 Å². The molecule has 2 N–H and O–H groups in total. The maximum atomic E-state index is 12.2. The number of amides is 2. The van der Waals surface area contributed by atoms with E-state index in [-0.39, 0.29) is 18.2 Å². The highest BCUT2D eigenvalue weighted by molar-refractivity contribution is 6.30. The molecule has 0 aliphatic rings. The average Bonchev–Trinajstić information content (AvgIpc) is 3.13. The number of nitrogens with one attached hydrogen (secondary N) is 2. The fourth-order valence-electron chi connectivity index (χ4n) is 2.75. The summed E-state index contributed by atoms with van der Waals surface area (Å²) in [5, 5.41) is 17.7. The fourth-order valence-corrected chi connectivity index (χ4v) is 2.87. The number of carbonyl (C=O) groups excluding carboxylic acids is 2. The maximum absolute atomic E-state index is 12.2. The second kappa shape index (κ2) is 9.29. The Labute approximate surface area is 173 Å². The summed E-state index contributed by atoms with van der Waals surface area (Å²) in [5.74, 6) is 0.337. The van der Waals surface area contributed by atoms with Crippen molar-refractivity contribution in [1.29, 1.82) is 0 Å². The van der Waals surface area contributed by atoms with Crippen LogP contribution in [-0.4, -0.2) is 38.6 Å². The zero-order valence-electron chi connectivity index (χ0n) is 16.1. The van der Waals surface area contributed by atoms with Crippen LogP contribution in [0.4, 0.5) is 5.69 Å². The predicted octanol–water partition coefficient (Wildman–Crippen LogP) is 3.08. The number of rotatable bonds is 7. The van der Waals surface area contributed by atoms with Crippen LogP contribution in [0.2, 0.25) is 5.02 Å². The van der Waals surface area contributed by atoms with Gasteiger partial charge in [0.2, 0.25) is 5.91 Å². The summed E-state index contributed by atoms with van der Waals surface area (Å²) in [6, 6.07) is 12.2. The molecule has 3 rings (SSSR count). The SMILES string of the molecule is Cc1ccc(NC(=O)CCCNC(=O)c2ccc(Cl)cc2)cc1-n1nnnc1C. The lowest BCUT2D eigenvalue weighted by Crippen LogP contribution is -2.25. The summed E-state index contributed by atoms with van der Waals surface area (Å²) < 4.78 is 1.62. The van der Waals surface area contributed by atoms with E-state index in [1.807, 2.05) is 32.0 Å². The Bertz CT molecular complexity index is 1020. The average molecular weight is 413 g/mol. The van der Waals surface area contributed by atoms with Crippen molar-refractivity contribution in [2.24, 2.45) is 0 Å². The molecule has 0 fully saturated rings. The highest BCUT2D eigenvalue weighted by Crippen LogP contribution is 2.19. The summed E-state index contributed by atoms with van der Waals surface area (Å²) >= 11 is 5.81. The molecule has 9 heteroatoms. The Kier molecular flexibility index (Phi) is 6.56. The van der Waals surface area contributed by atoms with Crippen LogP contribution in [0.25, 0.3) is 5.69 Å². The molecule has 0 saturated carbocycles. The van der Waals surface area contributed by atoms with Gasteiger partial charge in [-0.1, -0.05) is 17.7 Å². The molecule has 0 aliphatic heterocycles. The van der Waals surface area contributed by atoms with E-state index in [1.165, 1.54) is 0 Å². The monoisotopic (exact) mass is 412 g/mol. The van der Waals surface area contributed by atoms with Crippen molar-refractivity contribution in [3.05, 3.63) is 64.4 Å². The lowest BCUT2D eigenvalue weighted by atomic mass is 10.1. The number of anilines is 1. The normalized spacial score (nSPS) is 10.6. The van der Waals surface area contributed by atoms with Gasteiger partial charge in [0.05, 0.1) is 5.69 Å². The van der Waals surface area contributed by atoms with Crippen molar-refractivity contribution < 1.29 is 9.59 Å². The van der Waals surface area contributed by atoms with Gasteiger partial charge >= 0.3 is 0 Å². The van der Waals surface area contributed by atoms with Crippen molar-refractivity contribution in [3.63, 3.8) is 0 Å². The van der Waals surface area contributed by atoms with Crippen molar-refractivity contribution >= 4 is 29.1 Å². The van der Waals surface area contributed by atoms with E-state index in [9.17, 15) is 9.59 Å². The molecule has 3 aromatic rings. The van der Waals surface area contributed by atoms with Crippen LogP contribution in [0.3, 0.4) is 0 Å². The van der Waals surface area contributed by atoms with Crippen LogP contribution in [0.1, 0.15) is 34.6 Å². The van der Waals surface area contributed by atoms with E-state index in [0.717, 1.165) is 11.3 Å². The van der Waals surface area contributed by atoms with E-state index in [1.54, 1.807) is 28.9 Å². The number of hydrogen-bond donors (Lipinski definition) is 2. The Morgan fingerprint density at radius 2 is 1.86 bits per heavy atom. The van der Waals surface area contributed by atoms with Gasteiger partial charge in [0, 0.05) is 29.2 Å². The van der Waals surface area contributed by atoms with Crippen LogP contribution in [0, 0.1) is 13.8 Å². The van der Waals surface area contributed by atoms with E-state index in [4.69, 9.17) is 11.6 Å². The van der Waals surface area contributed by atoms with E-state index < -0.39 is 0 Å². The van der Waals surface area contributed by atoms with Gasteiger partial charge in [0.25, 0.3) is 5.91 Å². The Morgan fingerprint density at radius 1 is 1.10 bits per heavy atom. The molecule has 0 bridgehead atoms. The molecule has 0 saturated heterocycles. The second-order valence-electron chi connectivity index (χ2n) is 6.55. The number of halogens is 1. The van der Waals surface area contributed by atoms with E-state index >= 15 is 0 Å². The summed E-state index contributed by atoms with van der Waals surface area (Å²) in [5.41, 5.74) is 2.99. The first kappa shape index (κ1) is 20.5. The van der Waals surface area contributed by atoms with Crippen LogP contribution in [0.15, 0.2) is 42.5 Å². The molecule has 0 atom stereocenters. The molecule has 0 spiro atoms. The summed E-state index contributed by atoms with van der Waals surface area (Å²) in [4.78, 5) is 24.3. The molecule has 150 valence electrons. The van der Waals surface area contributed by atoms with Gasteiger partial charge in [-0.3, -0.25) is 9.59 Å². The lowest BCUT2D eigenvalue weighted by molar-refractivity contribution is -0.116. The number of aromatic nitrogens is 4. The van der Waals surface area contributed by atoms with E-state index in [2.05, 4.69) is 26.2 Å². The molecule has 0 aliphatic carbocycles. The highest BCUT2D eigenvalue weighted by atomic mass is 35.5. The van der Waals surface area contributed by atoms with Gasteiger partial charge in [0.15, 0.2) is 5.82 Å². The smallest absolute Gasteiger partial charge is 0.251 e. The first-order valence-electron chi connectivity index (χ1n) is 9.13. The summed E-state index contributed by atoms with van der Waals surface area (Å²) in [6.45, 7) is 4.16. The van der Waals surface area contributed by atoms with Crippen LogP contribution < -0.4 is 10.6 Å². The third-order valence-electron chi connectivity index (χ3n) is 4.32. The Hall–Kier alpha value is -3.26. The molecular formula is C20H21ClN6O2. The summed E-state index contributed by atoms with van der Waals surface area (Å²) in [6.07, 6.45) is 0.810. The van der Waals surface area contributed by atoms with Crippen LogP contribution >= 0.6 is 11.6 Å². The minimum Gasteiger partial charge on any atom is -0.352 e. The molecule has 2 aromatic carbocycles. The quantitative estimate of drug-likeness (QED) is 0.580. The van der Waals surface area contributed by atoms with Gasteiger partial charge in [-0.05, 0) is 72.7 Å². The van der Waals surface area contributed by atoms with Gasteiger partial charge in [-0.25, -0.2) is 0 Å². The Morgan fingerprint density at radius 3 is 2.55 bits per heavy atom. The predicted molar refractivity (Wildman–Crippen MR) is 110 cm³/mol. The van der Waals surface area contributed by atoms with E-state index in [0.29, 0.717) is 35.1 Å². The minimum atomic E-state index is -0.193. The zero-order chi connectivity index (χ0) is 20.8. The van der Waals surface area contributed by atoms with Crippen molar-refractivity contribution in [2.45, 2.75) is 26.7 Å². The topological polar surface area (TPSA) is 102 Å². The Balaban J connectivity index is 1.49. The number of hydrogen-bond acceptors (Lipinski definition) is 5. The third-order valence-corrected chi connectivity index (χ3v) is 4.57. The van der Waals surface area contributed by atoms with Crippen LogP contribution in [-0.2, 0) is 4.79 Å². The van der Waals surface area contributed by atoms with Gasteiger partial charge in [0.1, 0.15) is 0 Å². The molecule has 1 aromatic heterocycles. The molecular weight excluding hydrogens is 392 g/mol. The largest absolute Gasteiger partial charge is 0.352 e. The number of benzene rings is 2. The highest BCUT2D eigenvalue weighted by Gasteiger charge is 2.10. The first-order valence-corrected chi connectivity index (χ1v) is 9.51. The first-order chi connectivity index (χ1) is 13.9. The maximum Gasteiger partial charge on any atom is 0.251 e. The van der Waals surface area contributed by atoms with Crippen molar-refractivity contribution in [1.82, 2.24) is 25.5 Å². The number of aryl methyl sites for hydroxylation is 2. The third kappa shape index (κ3) is 5.39. The second-order valence-corrected chi connectivity index (χ2v) is 6.99. The van der Waals surface area contributed by atoms with Gasteiger partial charge in [-0.15, -0.1) is 5.10 Å². The molecule has 0 radical (unpaired) electrons. The number of carbonyl (C=O) groups is 2. The summed E-state index contributed by atoms with van der Waals surface area (Å²) in [7, 11) is 0. The molecule has 1 heterocycles. The zero-order valence-corrected chi connectivity index (χ0v) is 16.9. The fraction of sp³-hybridized carbons (Fsp3) is 0.250. The molecule has 29 heavy (non-hydrogen) atoms. The number of tetrazole rings is 1. The molecule has 8 nitrogen and oxygen atoms in total. The van der Waals surface area contributed by atoms with Gasteiger partial charge in [-0.2, -0.15) is 4.68 Å². The molecule has 2 amide bonds. The lowest BCUT2D eigenvalue weighted by Gasteiger charge is -2.11. The van der Waals surface area contributed by atoms with Gasteiger partial charge < -0.3 is 10.6 Å².